The molecule has 11 nitrogen and oxygen atoms in total. The van der Waals surface area contributed by atoms with Gasteiger partial charge < -0.3 is 25.8 Å². The molecule has 12 heteroatoms. The van der Waals surface area contributed by atoms with Gasteiger partial charge in [0.2, 0.25) is 11.8 Å². The highest BCUT2D eigenvalue weighted by atomic mass is 32.3. The van der Waals surface area contributed by atoms with Crippen molar-refractivity contribution < 1.29 is 33.3 Å². The third-order valence-electron chi connectivity index (χ3n) is 6.52. The van der Waals surface area contributed by atoms with Crippen LogP contribution in [0.4, 0.5) is 5.69 Å². The lowest BCUT2D eigenvalue weighted by Gasteiger charge is -2.37. The highest BCUT2D eigenvalue weighted by Crippen LogP contribution is 2.53. The first kappa shape index (κ1) is 26.9. The molecule has 37 heavy (non-hydrogen) atoms. The molecule has 4 rings (SSSR count). The fourth-order valence-electron chi connectivity index (χ4n) is 4.63. The molecule has 0 unspecified atom stereocenters. The fourth-order valence-corrected chi connectivity index (χ4v) is 5.97. The maximum absolute atomic E-state index is 13.4. The Morgan fingerprint density at radius 3 is 2.76 bits per heavy atom. The first-order chi connectivity index (χ1) is 17.5. The van der Waals surface area contributed by atoms with E-state index in [-0.39, 0.29) is 35.6 Å². The van der Waals surface area contributed by atoms with Crippen molar-refractivity contribution in [2.24, 2.45) is 5.73 Å². The first-order valence-electron chi connectivity index (χ1n) is 11.9. The summed E-state index contributed by atoms with van der Waals surface area (Å²) in [6, 6.07) is 11.5. The lowest BCUT2D eigenvalue weighted by atomic mass is 10.0. The summed E-state index contributed by atoms with van der Waals surface area (Å²) in [7, 11) is -1.51. The number of primary amides is 1. The quantitative estimate of drug-likeness (QED) is 0.323. The van der Waals surface area contributed by atoms with E-state index in [1.54, 1.807) is 42.3 Å². The van der Waals surface area contributed by atoms with Crippen molar-refractivity contribution in [3.8, 4) is 5.75 Å². The van der Waals surface area contributed by atoms with E-state index in [0.29, 0.717) is 43.1 Å². The molecule has 0 saturated carbocycles. The summed E-state index contributed by atoms with van der Waals surface area (Å²) >= 11 is 0. The van der Waals surface area contributed by atoms with Crippen molar-refractivity contribution in [1.29, 1.82) is 0 Å². The number of nitrogens with one attached hydrogen (secondary N) is 1. The summed E-state index contributed by atoms with van der Waals surface area (Å²) in [4.78, 5) is 40.4. The molecule has 3 amide bonds. The molecule has 2 aliphatic heterocycles. The Kier molecular flexibility index (Phi) is 8.05. The Labute approximate surface area is 216 Å². The summed E-state index contributed by atoms with van der Waals surface area (Å²) in [5.74, 6) is -1.20. The minimum Gasteiger partial charge on any atom is -0.484 e. The average Bonchev–Trinajstić information content (AvgIpc) is 3.24. The number of nitrogens with two attached hydrogens (primary N) is 1. The van der Waals surface area contributed by atoms with E-state index >= 15 is 0 Å². The second-order valence-electron chi connectivity index (χ2n) is 9.42. The molecule has 2 aliphatic rings. The Hall–Kier alpha value is -3.16. The summed E-state index contributed by atoms with van der Waals surface area (Å²) in [6.07, 6.45) is 0.270. The molecule has 1 fully saturated rings. The van der Waals surface area contributed by atoms with Gasteiger partial charge in [-0.3, -0.25) is 28.4 Å². The zero-order chi connectivity index (χ0) is 26.7. The van der Waals surface area contributed by atoms with Gasteiger partial charge in [-0.25, -0.2) is 0 Å². The zero-order valence-corrected chi connectivity index (χ0v) is 21.3. The Balaban J connectivity index is 1.55. The predicted octanol–water partition coefficient (Wildman–Crippen LogP) is 1.42. The molecule has 2 aromatic carbocycles. The maximum atomic E-state index is 13.4. The number of carbonyl (C=O) groups excluding carboxylic acids is 3. The van der Waals surface area contributed by atoms with E-state index in [1.165, 1.54) is 6.07 Å². The van der Waals surface area contributed by atoms with Crippen molar-refractivity contribution in [1.82, 2.24) is 9.80 Å². The third kappa shape index (κ3) is 6.59. The molecule has 200 valence electrons. The van der Waals surface area contributed by atoms with Crippen LogP contribution in [0.2, 0.25) is 0 Å². The number of ether oxygens (including phenoxy) is 1. The summed E-state index contributed by atoms with van der Waals surface area (Å²) in [6.45, 7) is 1.43. The van der Waals surface area contributed by atoms with Crippen LogP contribution in [-0.4, -0.2) is 86.9 Å². The minimum atomic E-state index is -3.21. The normalized spacial score (nSPS) is 20.4. The third-order valence-corrected chi connectivity index (χ3v) is 8.25. The first-order valence-corrected chi connectivity index (χ1v) is 13.6. The molecule has 6 N–H and O–H groups in total. The molecule has 0 bridgehead atoms. The largest absolute Gasteiger partial charge is 0.484 e. The summed E-state index contributed by atoms with van der Waals surface area (Å²) in [5, 5.41) is 12.6. The number of hydrogen-bond donors (Lipinski definition) is 5. The van der Waals surface area contributed by atoms with Gasteiger partial charge in [-0.15, -0.1) is 0 Å². The highest BCUT2D eigenvalue weighted by molar-refractivity contribution is 8.25. The fraction of sp³-hybridized carbons (Fsp3) is 0.400. The second-order valence-corrected chi connectivity index (χ2v) is 11.5. The van der Waals surface area contributed by atoms with E-state index in [9.17, 15) is 28.6 Å². The molecular formula is C25H32N4O7S. The van der Waals surface area contributed by atoms with E-state index in [4.69, 9.17) is 10.5 Å². The smallest absolute Gasteiger partial charge is 0.255 e. The number of likely N-dealkylation sites (N-methyl/N-ethyl adjacent to an activating group) is 1. The van der Waals surface area contributed by atoms with Gasteiger partial charge in [0.25, 0.3) is 5.91 Å². The monoisotopic (exact) mass is 532 g/mol. The van der Waals surface area contributed by atoms with Crippen molar-refractivity contribution in [2.45, 2.75) is 29.9 Å². The number of carbonyl (C=O) groups is 3. The van der Waals surface area contributed by atoms with Crippen LogP contribution < -0.4 is 15.8 Å². The Morgan fingerprint density at radius 2 is 2.05 bits per heavy atom. The SMILES string of the molecule is CN(C(=O)Cc1ccc2c(c1)NC(=O)CS2(O)O)[C@H](CN1CC[C@H](O)C1)c1cccc(OCC(N)=O)c1. The number of aliphatic hydroxyl groups excluding tert-OH is 1. The van der Waals surface area contributed by atoms with Crippen LogP contribution in [0.1, 0.15) is 23.6 Å². The van der Waals surface area contributed by atoms with Crippen LogP contribution in [0.3, 0.4) is 0 Å². The summed E-state index contributed by atoms with van der Waals surface area (Å²) in [5.41, 5.74) is 6.90. The number of anilines is 1. The van der Waals surface area contributed by atoms with Crippen LogP contribution in [0.15, 0.2) is 47.4 Å². The maximum Gasteiger partial charge on any atom is 0.255 e. The van der Waals surface area contributed by atoms with Crippen LogP contribution >= 0.6 is 10.6 Å². The molecule has 0 radical (unpaired) electrons. The predicted molar refractivity (Wildman–Crippen MR) is 138 cm³/mol. The van der Waals surface area contributed by atoms with Crippen LogP contribution in [0.25, 0.3) is 0 Å². The van der Waals surface area contributed by atoms with Gasteiger partial charge >= 0.3 is 0 Å². The van der Waals surface area contributed by atoms with E-state index < -0.39 is 28.5 Å². The molecule has 0 aliphatic carbocycles. The number of fused-ring (bicyclic) bond motifs is 1. The number of aliphatic hydroxyl groups is 1. The molecule has 2 atom stereocenters. The number of hydrogen-bond acceptors (Lipinski definition) is 8. The topological polar surface area (TPSA) is 166 Å². The van der Waals surface area contributed by atoms with Crippen molar-refractivity contribution in [3.05, 3.63) is 53.6 Å². The van der Waals surface area contributed by atoms with Gasteiger partial charge in [-0.2, -0.15) is 10.6 Å². The van der Waals surface area contributed by atoms with E-state index in [0.717, 1.165) is 5.56 Å². The lowest BCUT2D eigenvalue weighted by Crippen LogP contribution is -2.39. The second kappa shape index (κ2) is 11.1. The van der Waals surface area contributed by atoms with Crippen molar-refractivity contribution >= 4 is 34.0 Å². The van der Waals surface area contributed by atoms with Gasteiger partial charge in [0.1, 0.15) is 11.5 Å². The van der Waals surface area contributed by atoms with Crippen LogP contribution in [-0.2, 0) is 20.8 Å². The Morgan fingerprint density at radius 1 is 1.27 bits per heavy atom. The number of amides is 3. The number of rotatable bonds is 9. The van der Waals surface area contributed by atoms with Gasteiger partial charge in [0, 0.05) is 26.7 Å². The van der Waals surface area contributed by atoms with Crippen LogP contribution in [0, 0.1) is 0 Å². The molecule has 2 heterocycles. The molecule has 0 aromatic heterocycles. The van der Waals surface area contributed by atoms with E-state index in [2.05, 4.69) is 10.2 Å². The van der Waals surface area contributed by atoms with Gasteiger partial charge in [-0.1, -0.05) is 18.2 Å². The van der Waals surface area contributed by atoms with Crippen LogP contribution in [0.5, 0.6) is 5.75 Å². The van der Waals surface area contributed by atoms with Gasteiger partial charge in [-0.05, 0) is 41.8 Å². The van der Waals surface area contributed by atoms with Gasteiger partial charge in [0.05, 0.1) is 29.1 Å². The zero-order valence-electron chi connectivity index (χ0n) is 20.5. The summed E-state index contributed by atoms with van der Waals surface area (Å²) < 4.78 is 25.9. The number of benzene rings is 2. The Bertz CT molecular complexity index is 1190. The van der Waals surface area contributed by atoms with Crippen molar-refractivity contribution in [2.75, 3.05) is 44.4 Å². The highest BCUT2D eigenvalue weighted by Gasteiger charge is 2.31. The lowest BCUT2D eigenvalue weighted by molar-refractivity contribution is -0.131. The minimum absolute atomic E-state index is 0.0236. The number of likely N-dealkylation sites (tertiary alicyclic amines) is 1. The number of nitrogens with zero attached hydrogens (tertiary/aromatic N) is 2. The molecule has 1 saturated heterocycles. The molecular weight excluding hydrogens is 500 g/mol. The standard InChI is InChI=1S/C25H32N4O7S/c1-28(25(33)10-16-5-6-22-20(9-16)27-24(32)15-37(22,34)35)21(13-29-8-7-18(30)12-29)17-3-2-4-19(11-17)36-14-23(26)31/h2-6,9,11,18,21,30,34-35H,7-8,10,12-15H2,1H3,(H2,26,31)(H,27,32)/t18-,21+/m0/s1. The molecule has 0 spiro atoms. The molecule has 2 aromatic rings. The van der Waals surface area contributed by atoms with E-state index in [1.807, 2.05) is 6.07 Å². The van der Waals surface area contributed by atoms with Crippen molar-refractivity contribution in [3.63, 3.8) is 0 Å². The average molecular weight is 533 g/mol. The number of β-amino-alcohol motifs (C(OH)–C–C–N with tert-alkyl or cyclic N) is 1. The van der Waals surface area contributed by atoms with Gasteiger partial charge in [0.15, 0.2) is 6.61 Å².